The van der Waals surface area contributed by atoms with Crippen LogP contribution >= 0.6 is 0 Å². The average Bonchev–Trinajstić information content (AvgIpc) is 2.76. The first-order chi connectivity index (χ1) is 18.2. The summed E-state index contributed by atoms with van der Waals surface area (Å²) in [5, 5.41) is 33.3. The van der Waals surface area contributed by atoms with Gasteiger partial charge >= 0.3 is 0 Å². The van der Waals surface area contributed by atoms with Crippen molar-refractivity contribution in [1.29, 1.82) is 0 Å². The molecule has 0 atom stereocenters. The molecule has 0 aliphatic heterocycles. The maximum Gasteiger partial charge on any atom is 0.119 e. The fourth-order valence-electron chi connectivity index (χ4n) is 7.53. The molecule has 0 bridgehead atoms. The predicted molar refractivity (Wildman–Crippen MR) is 169 cm³/mol. The van der Waals surface area contributed by atoms with Crippen molar-refractivity contribution in [1.82, 2.24) is 0 Å². The third kappa shape index (κ3) is 5.24. The van der Waals surface area contributed by atoms with E-state index < -0.39 is 5.41 Å². The van der Waals surface area contributed by atoms with E-state index in [-0.39, 0.29) is 16.2 Å². The standard InChI is InChI=1S/C37H52O3/c1-14-21-37(25-15-18-28(38)31(22(25)2)34(5,6)7,26-16-19-29(39)32(23(26)3)35(8,9)10)27-17-20-30(40)33(24(27)4)36(11,12)13/h15-20,38-40H,14,21H2,1-13H3. The molecule has 0 aromatic heterocycles. The van der Waals surface area contributed by atoms with E-state index in [0.717, 1.165) is 62.9 Å². The molecular formula is C37H52O3. The molecule has 0 heterocycles. The molecule has 0 fully saturated rings. The summed E-state index contributed by atoms with van der Waals surface area (Å²) in [6.07, 6.45) is 1.74. The molecule has 3 heteroatoms. The fourth-order valence-corrected chi connectivity index (χ4v) is 7.53. The van der Waals surface area contributed by atoms with E-state index in [2.05, 4.69) is 108 Å². The summed E-state index contributed by atoms with van der Waals surface area (Å²) in [6, 6.07) is 11.9. The molecule has 3 rings (SSSR count). The molecular weight excluding hydrogens is 492 g/mol. The van der Waals surface area contributed by atoms with Crippen molar-refractivity contribution in [2.45, 2.75) is 125 Å². The Hall–Kier alpha value is -2.94. The smallest absolute Gasteiger partial charge is 0.119 e. The molecule has 3 aromatic rings. The minimum Gasteiger partial charge on any atom is -0.508 e. The molecule has 3 N–H and O–H groups in total. The van der Waals surface area contributed by atoms with E-state index in [1.54, 1.807) is 0 Å². The van der Waals surface area contributed by atoms with E-state index >= 15 is 0 Å². The Morgan fingerprint density at radius 2 is 0.725 bits per heavy atom. The van der Waals surface area contributed by atoms with Gasteiger partial charge in [-0.1, -0.05) is 93.9 Å². The number of hydrogen-bond acceptors (Lipinski definition) is 3. The second-order valence-electron chi connectivity index (χ2n) is 14.8. The Morgan fingerprint density at radius 3 is 0.925 bits per heavy atom. The molecule has 218 valence electrons. The largest absolute Gasteiger partial charge is 0.508 e. The lowest BCUT2D eigenvalue weighted by molar-refractivity contribution is 0.437. The van der Waals surface area contributed by atoms with Crippen LogP contribution in [0, 0.1) is 20.8 Å². The van der Waals surface area contributed by atoms with Gasteiger partial charge in [-0.3, -0.25) is 0 Å². The van der Waals surface area contributed by atoms with E-state index in [0.29, 0.717) is 17.2 Å². The number of phenolic OH excluding ortho intramolecular Hbond substituents is 3. The van der Waals surface area contributed by atoms with Crippen molar-refractivity contribution >= 4 is 0 Å². The van der Waals surface area contributed by atoms with Crippen LogP contribution < -0.4 is 0 Å². The highest BCUT2D eigenvalue weighted by Crippen LogP contribution is 2.53. The van der Waals surface area contributed by atoms with E-state index in [1.165, 1.54) is 0 Å². The van der Waals surface area contributed by atoms with E-state index in [4.69, 9.17) is 0 Å². The molecule has 3 nitrogen and oxygen atoms in total. The molecule has 3 aromatic carbocycles. The molecule has 0 saturated carbocycles. The second kappa shape index (κ2) is 10.5. The summed E-state index contributed by atoms with van der Waals surface area (Å²) in [4.78, 5) is 0. The number of phenols is 3. The highest BCUT2D eigenvalue weighted by atomic mass is 16.3. The van der Waals surface area contributed by atoms with Crippen LogP contribution in [0.25, 0.3) is 0 Å². The molecule has 0 unspecified atom stereocenters. The van der Waals surface area contributed by atoms with Gasteiger partial charge in [0.2, 0.25) is 0 Å². The normalized spacial score (nSPS) is 13.1. The maximum atomic E-state index is 11.1. The SMILES string of the molecule is CCCC(c1ccc(O)c(C(C)(C)C)c1C)(c1ccc(O)c(C(C)(C)C)c1C)c1ccc(O)c(C(C)(C)C)c1C. The minimum absolute atomic E-state index is 0.261. The van der Waals surface area contributed by atoms with Gasteiger partial charge in [0.05, 0.1) is 0 Å². The highest BCUT2D eigenvalue weighted by Gasteiger charge is 2.43. The number of rotatable bonds is 5. The van der Waals surface area contributed by atoms with Gasteiger partial charge in [-0.2, -0.15) is 0 Å². The molecule has 0 saturated heterocycles. The zero-order valence-electron chi connectivity index (χ0n) is 27.2. The van der Waals surface area contributed by atoms with Crippen LogP contribution in [0.1, 0.15) is 132 Å². The first kappa shape index (κ1) is 31.6. The van der Waals surface area contributed by atoms with Crippen molar-refractivity contribution < 1.29 is 15.3 Å². The zero-order chi connectivity index (χ0) is 30.6. The van der Waals surface area contributed by atoms with E-state index in [1.807, 2.05) is 18.2 Å². The van der Waals surface area contributed by atoms with Crippen molar-refractivity contribution in [2.24, 2.45) is 0 Å². The van der Waals surface area contributed by atoms with Crippen LogP contribution in [0.5, 0.6) is 17.2 Å². The van der Waals surface area contributed by atoms with Crippen LogP contribution in [0.2, 0.25) is 0 Å². The van der Waals surface area contributed by atoms with Crippen LogP contribution in [-0.2, 0) is 21.7 Å². The highest BCUT2D eigenvalue weighted by molar-refractivity contribution is 5.65. The molecule has 0 radical (unpaired) electrons. The number of benzene rings is 3. The third-order valence-corrected chi connectivity index (χ3v) is 8.58. The molecule has 0 aliphatic rings. The predicted octanol–water partition coefficient (Wildman–Crippen LogP) is 9.76. The van der Waals surface area contributed by atoms with Gasteiger partial charge in [-0.05, 0) is 95.0 Å². The Kier molecular flexibility index (Phi) is 8.27. The molecule has 40 heavy (non-hydrogen) atoms. The zero-order valence-corrected chi connectivity index (χ0v) is 27.2. The average molecular weight is 545 g/mol. The number of hydrogen-bond donors (Lipinski definition) is 3. The van der Waals surface area contributed by atoms with Gasteiger partial charge in [0.15, 0.2) is 0 Å². The van der Waals surface area contributed by atoms with Crippen molar-refractivity contribution in [3.63, 3.8) is 0 Å². The van der Waals surface area contributed by atoms with Gasteiger partial charge in [-0.15, -0.1) is 0 Å². The summed E-state index contributed by atoms with van der Waals surface area (Å²) >= 11 is 0. The van der Waals surface area contributed by atoms with Gasteiger partial charge < -0.3 is 15.3 Å². The summed E-state index contributed by atoms with van der Waals surface area (Å²) in [6.45, 7) is 28.0. The molecule has 0 spiro atoms. The Balaban J connectivity index is 2.71. The van der Waals surface area contributed by atoms with Crippen molar-refractivity contribution in [3.05, 3.63) is 86.5 Å². The van der Waals surface area contributed by atoms with Crippen molar-refractivity contribution in [3.8, 4) is 17.2 Å². The van der Waals surface area contributed by atoms with Crippen molar-refractivity contribution in [2.75, 3.05) is 0 Å². The first-order valence-electron chi connectivity index (χ1n) is 14.7. The Morgan fingerprint density at radius 1 is 0.475 bits per heavy atom. The summed E-state index contributed by atoms with van der Waals surface area (Å²) in [5.41, 5.74) is 8.18. The summed E-state index contributed by atoms with van der Waals surface area (Å²) < 4.78 is 0. The fraction of sp³-hybridized carbons (Fsp3) is 0.514. The quantitative estimate of drug-likeness (QED) is 0.280. The van der Waals surface area contributed by atoms with Crippen LogP contribution in [0.4, 0.5) is 0 Å². The lowest BCUT2D eigenvalue weighted by atomic mass is 9.60. The number of aromatic hydroxyl groups is 3. The topological polar surface area (TPSA) is 60.7 Å². The first-order valence-corrected chi connectivity index (χ1v) is 14.7. The Bertz CT molecular complexity index is 1240. The summed E-state index contributed by atoms with van der Waals surface area (Å²) in [5.74, 6) is 0.944. The van der Waals surface area contributed by atoms with Gasteiger partial charge in [0.25, 0.3) is 0 Å². The Labute approximate surface area is 243 Å². The van der Waals surface area contributed by atoms with E-state index in [9.17, 15) is 15.3 Å². The van der Waals surface area contributed by atoms with Gasteiger partial charge in [0.1, 0.15) is 17.2 Å². The minimum atomic E-state index is -0.581. The summed E-state index contributed by atoms with van der Waals surface area (Å²) in [7, 11) is 0. The second-order valence-corrected chi connectivity index (χ2v) is 14.8. The maximum absolute atomic E-state index is 11.1. The van der Waals surface area contributed by atoms with Crippen LogP contribution in [0.3, 0.4) is 0 Å². The molecule has 0 amide bonds. The lowest BCUT2D eigenvalue weighted by Crippen LogP contribution is -2.34. The van der Waals surface area contributed by atoms with Gasteiger partial charge in [0, 0.05) is 22.1 Å². The van der Waals surface area contributed by atoms with Crippen LogP contribution in [0.15, 0.2) is 36.4 Å². The monoisotopic (exact) mass is 544 g/mol. The lowest BCUT2D eigenvalue weighted by Gasteiger charge is -2.42. The molecule has 0 aliphatic carbocycles. The van der Waals surface area contributed by atoms with Crippen LogP contribution in [-0.4, -0.2) is 15.3 Å². The van der Waals surface area contributed by atoms with Gasteiger partial charge in [-0.25, -0.2) is 0 Å². The third-order valence-electron chi connectivity index (χ3n) is 8.58.